The summed E-state index contributed by atoms with van der Waals surface area (Å²) in [5.41, 5.74) is 3.53. The smallest absolute Gasteiger partial charge is 0.268 e. The Morgan fingerprint density at radius 2 is 2.05 bits per heavy atom. The maximum absolute atomic E-state index is 12.5. The van der Waals surface area contributed by atoms with E-state index in [1.165, 1.54) is 11.1 Å². The van der Waals surface area contributed by atoms with Gasteiger partial charge in [0.25, 0.3) is 5.91 Å². The quantitative estimate of drug-likeness (QED) is 0.812. The molecule has 1 amide bonds. The van der Waals surface area contributed by atoms with Gasteiger partial charge in [-0.25, -0.2) is 0 Å². The molecule has 0 radical (unpaired) electrons. The normalized spacial score (nSPS) is 17.3. The van der Waals surface area contributed by atoms with Crippen molar-refractivity contribution in [1.29, 1.82) is 0 Å². The second kappa shape index (κ2) is 5.19. The van der Waals surface area contributed by atoms with Crippen LogP contribution in [0.2, 0.25) is 0 Å². The Hall–Kier alpha value is -1.81. The number of hydrogen-bond donors (Lipinski definition) is 3. The molecule has 1 aliphatic rings. The number of rotatable bonds is 3. The summed E-state index contributed by atoms with van der Waals surface area (Å²) in [6.45, 7) is 4.15. The Morgan fingerprint density at radius 1 is 1.33 bits per heavy atom. The molecule has 2 aromatic rings. The van der Waals surface area contributed by atoms with Crippen molar-refractivity contribution in [3.05, 3.63) is 35.0 Å². The Kier molecular flexibility index (Phi) is 3.49. The third-order valence-electron chi connectivity index (χ3n) is 4.83. The van der Waals surface area contributed by atoms with Gasteiger partial charge in [-0.3, -0.25) is 4.79 Å². The standard InChI is InChI=1S/C17H22N2O2/c1-11-5-6-14-13(12(11)2)9-15(18-14)16(21)19-17(10-20)7-3-4-8-17/h5-6,9,18,20H,3-4,7-8,10H2,1-2H3,(H,19,21). The monoisotopic (exact) mass is 286 g/mol. The molecule has 1 heterocycles. The first kappa shape index (κ1) is 14.1. The predicted molar refractivity (Wildman–Crippen MR) is 83.5 cm³/mol. The molecule has 21 heavy (non-hydrogen) atoms. The highest BCUT2D eigenvalue weighted by molar-refractivity contribution is 5.99. The van der Waals surface area contributed by atoms with Gasteiger partial charge in [-0.15, -0.1) is 0 Å². The van der Waals surface area contributed by atoms with Crippen LogP contribution >= 0.6 is 0 Å². The lowest BCUT2D eigenvalue weighted by atomic mass is 9.98. The number of aliphatic hydroxyl groups excluding tert-OH is 1. The SMILES string of the molecule is Cc1ccc2[nH]c(C(=O)NC3(CO)CCCC3)cc2c1C. The Morgan fingerprint density at radius 3 is 2.71 bits per heavy atom. The summed E-state index contributed by atoms with van der Waals surface area (Å²) in [6.07, 6.45) is 3.83. The van der Waals surface area contributed by atoms with Crippen molar-refractivity contribution >= 4 is 16.8 Å². The first-order valence-electron chi connectivity index (χ1n) is 7.57. The van der Waals surface area contributed by atoms with Crippen LogP contribution < -0.4 is 5.32 Å². The van der Waals surface area contributed by atoms with Crippen molar-refractivity contribution in [2.45, 2.75) is 45.1 Å². The number of aromatic nitrogens is 1. The fourth-order valence-corrected chi connectivity index (χ4v) is 3.26. The van der Waals surface area contributed by atoms with Crippen molar-refractivity contribution in [1.82, 2.24) is 10.3 Å². The van der Waals surface area contributed by atoms with Crippen molar-refractivity contribution in [2.24, 2.45) is 0 Å². The van der Waals surface area contributed by atoms with Gasteiger partial charge in [0, 0.05) is 10.9 Å². The highest BCUT2D eigenvalue weighted by Crippen LogP contribution is 2.30. The van der Waals surface area contributed by atoms with Crippen LogP contribution in [0.4, 0.5) is 0 Å². The molecule has 0 atom stereocenters. The van der Waals surface area contributed by atoms with Crippen molar-refractivity contribution in [3.8, 4) is 0 Å². The number of H-pyrrole nitrogens is 1. The van der Waals surface area contributed by atoms with E-state index in [0.29, 0.717) is 5.69 Å². The molecule has 1 aromatic carbocycles. The van der Waals surface area contributed by atoms with Gasteiger partial charge in [-0.05, 0) is 49.9 Å². The van der Waals surface area contributed by atoms with Gasteiger partial charge in [0.15, 0.2) is 0 Å². The van der Waals surface area contributed by atoms with E-state index in [2.05, 4.69) is 30.2 Å². The van der Waals surface area contributed by atoms with Crippen LogP contribution in [-0.4, -0.2) is 28.1 Å². The van der Waals surface area contributed by atoms with E-state index in [1.807, 2.05) is 12.1 Å². The maximum atomic E-state index is 12.5. The summed E-state index contributed by atoms with van der Waals surface area (Å²) in [4.78, 5) is 15.7. The number of benzene rings is 1. The lowest BCUT2D eigenvalue weighted by Crippen LogP contribution is -2.49. The molecule has 4 heteroatoms. The van der Waals surface area contributed by atoms with Gasteiger partial charge >= 0.3 is 0 Å². The number of aliphatic hydroxyl groups is 1. The van der Waals surface area contributed by atoms with Crippen LogP contribution in [0.15, 0.2) is 18.2 Å². The number of amides is 1. The minimum atomic E-state index is -0.431. The fraction of sp³-hybridized carbons (Fsp3) is 0.471. The van der Waals surface area contributed by atoms with Gasteiger partial charge < -0.3 is 15.4 Å². The van der Waals surface area contributed by atoms with E-state index in [1.54, 1.807) is 0 Å². The average Bonchev–Trinajstić information content (AvgIpc) is 3.10. The van der Waals surface area contributed by atoms with Crippen molar-refractivity contribution in [2.75, 3.05) is 6.61 Å². The second-order valence-corrected chi connectivity index (χ2v) is 6.25. The molecule has 1 saturated carbocycles. The molecule has 0 bridgehead atoms. The zero-order valence-electron chi connectivity index (χ0n) is 12.6. The number of aromatic amines is 1. The lowest BCUT2D eigenvalue weighted by Gasteiger charge is -2.27. The molecular formula is C17H22N2O2. The largest absolute Gasteiger partial charge is 0.394 e. The number of carbonyl (C=O) groups is 1. The number of hydrogen-bond acceptors (Lipinski definition) is 2. The van der Waals surface area contributed by atoms with Crippen LogP contribution in [0.25, 0.3) is 10.9 Å². The minimum absolute atomic E-state index is 0.0110. The lowest BCUT2D eigenvalue weighted by molar-refractivity contribution is 0.0834. The Bertz CT molecular complexity index is 681. The molecule has 3 N–H and O–H groups in total. The number of aryl methyl sites for hydroxylation is 2. The minimum Gasteiger partial charge on any atom is -0.394 e. The van der Waals surface area contributed by atoms with Gasteiger partial charge in [0.05, 0.1) is 12.1 Å². The summed E-state index contributed by atoms with van der Waals surface area (Å²) in [5, 5.41) is 13.7. The summed E-state index contributed by atoms with van der Waals surface area (Å²) in [5.74, 6) is -0.126. The molecule has 0 saturated heterocycles. The zero-order valence-corrected chi connectivity index (χ0v) is 12.6. The Balaban J connectivity index is 1.90. The number of fused-ring (bicyclic) bond motifs is 1. The summed E-state index contributed by atoms with van der Waals surface area (Å²) in [6, 6.07) is 5.97. The van der Waals surface area contributed by atoms with Gasteiger partial charge in [-0.2, -0.15) is 0 Å². The molecule has 0 spiro atoms. The van der Waals surface area contributed by atoms with E-state index < -0.39 is 5.54 Å². The van der Waals surface area contributed by atoms with Gasteiger partial charge in [-0.1, -0.05) is 18.9 Å². The van der Waals surface area contributed by atoms with Crippen LogP contribution in [-0.2, 0) is 0 Å². The van der Waals surface area contributed by atoms with E-state index in [0.717, 1.165) is 36.6 Å². The molecule has 1 fully saturated rings. The molecule has 4 nitrogen and oxygen atoms in total. The maximum Gasteiger partial charge on any atom is 0.268 e. The fourth-order valence-electron chi connectivity index (χ4n) is 3.26. The molecule has 1 aromatic heterocycles. The van der Waals surface area contributed by atoms with E-state index in [-0.39, 0.29) is 12.5 Å². The molecule has 1 aliphatic carbocycles. The average molecular weight is 286 g/mol. The zero-order chi connectivity index (χ0) is 15.0. The summed E-state index contributed by atoms with van der Waals surface area (Å²) < 4.78 is 0. The summed E-state index contributed by atoms with van der Waals surface area (Å²) in [7, 11) is 0. The highest BCUT2D eigenvalue weighted by Gasteiger charge is 2.35. The van der Waals surface area contributed by atoms with E-state index in [4.69, 9.17) is 0 Å². The van der Waals surface area contributed by atoms with Crippen LogP contribution in [0, 0.1) is 13.8 Å². The molecule has 0 aliphatic heterocycles. The second-order valence-electron chi connectivity index (χ2n) is 6.25. The van der Waals surface area contributed by atoms with Crippen molar-refractivity contribution in [3.63, 3.8) is 0 Å². The summed E-state index contributed by atoms with van der Waals surface area (Å²) >= 11 is 0. The van der Waals surface area contributed by atoms with Crippen LogP contribution in [0.1, 0.15) is 47.3 Å². The van der Waals surface area contributed by atoms with E-state index in [9.17, 15) is 9.90 Å². The van der Waals surface area contributed by atoms with E-state index >= 15 is 0 Å². The van der Waals surface area contributed by atoms with Crippen LogP contribution in [0.3, 0.4) is 0 Å². The third kappa shape index (κ3) is 2.44. The van der Waals surface area contributed by atoms with Gasteiger partial charge in [0.1, 0.15) is 5.69 Å². The predicted octanol–water partition coefficient (Wildman–Crippen LogP) is 2.82. The molecule has 112 valence electrons. The molecule has 0 unspecified atom stereocenters. The third-order valence-corrected chi connectivity index (χ3v) is 4.83. The van der Waals surface area contributed by atoms with Crippen LogP contribution in [0.5, 0.6) is 0 Å². The Labute approximate surface area is 124 Å². The topological polar surface area (TPSA) is 65.1 Å². The first-order chi connectivity index (χ1) is 10.0. The van der Waals surface area contributed by atoms with Gasteiger partial charge in [0.2, 0.25) is 0 Å². The number of carbonyl (C=O) groups excluding carboxylic acids is 1. The molecular weight excluding hydrogens is 264 g/mol. The highest BCUT2D eigenvalue weighted by atomic mass is 16.3. The number of nitrogens with one attached hydrogen (secondary N) is 2. The molecule has 3 rings (SSSR count). The van der Waals surface area contributed by atoms with Crippen molar-refractivity contribution < 1.29 is 9.90 Å². The first-order valence-corrected chi connectivity index (χ1v) is 7.57.